The fourth-order valence-electron chi connectivity index (χ4n) is 4.72. The molecule has 2 N–H and O–H groups in total. The number of benzene rings is 1. The second-order valence-corrected chi connectivity index (χ2v) is 8.99. The van der Waals surface area contributed by atoms with Crippen molar-refractivity contribution in [2.24, 2.45) is 10.7 Å². The van der Waals surface area contributed by atoms with Gasteiger partial charge in [0.05, 0.1) is 17.8 Å². The van der Waals surface area contributed by atoms with Gasteiger partial charge in [-0.15, -0.1) is 0 Å². The summed E-state index contributed by atoms with van der Waals surface area (Å²) in [6.45, 7) is 5.06. The lowest BCUT2D eigenvalue weighted by molar-refractivity contribution is 0.0165. The molecule has 0 unspecified atom stereocenters. The molecule has 8 nitrogen and oxygen atoms in total. The first-order valence-electron chi connectivity index (χ1n) is 10.9. The van der Waals surface area contributed by atoms with E-state index in [0.717, 1.165) is 34.2 Å². The lowest BCUT2D eigenvalue weighted by Gasteiger charge is -2.34. The first-order valence-corrected chi connectivity index (χ1v) is 10.9. The first kappa shape index (κ1) is 19.9. The first-order chi connectivity index (χ1) is 15.9. The van der Waals surface area contributed by atoms with Crippen molar-refractivity contribution in [1.82, 2.24) is 15.0 Å². The molecular weight excluding hydrogens is 418 g/mol. The Morgan fingerprint density at radius 3 is 2.55 bits per heavy atom. The molecule has 1 spiro atoms. The summed E-state index contributed by atoms with van der Waals surface area (Å²) in [6.07, 6.45) is 9.89. The van der Waals surface area contributed by atoms with E-state index in [1.165, 1.54) is 11.9 Å². The lowest BCUT2D eigenvalue weighted by atomic mass is 9.80. The van der Waals surface area contributed by atoms with Crippen LogP contribution in [-0.4, -0.2) is 39.8 Å². The highest BCUT2D eigenvalue weighted by Gasteiger charge is 2.48. The molecule has 3 aliphatic rings. The van der Waals surface area contributed by atoms with Crippen molar-refractivity contribution in [2.75, 3.05) is 13.2 Å². The number of rotatable bonds is 2. The van der Waals surface area contributed by atoms with E-state index in [0.29, 0.717) is 18.2 Å². The van der Waals surface area contributed by atoms with Crippen LogP contribution < -0.4 is 10.5 Å². The van der Waals surface area contributed by atoms with E-state index in [1.54, 1.807) is 12.4 Å². The maximum absolute atomic E-state index is 6.22. The van der Waals surface area contributed by atoms with Gasteiger partial charge in [-0.2, -0.15) is 0 Å². The Morgan fingerprint density at radius 1 is 0.970 bits per heavy atom. The van der Waals surface area contributed by atoms with Crippen LogP contribution in [0.2, 0.25) is 0 Å². The van der Waals surface area contributed by atoms with Crippen LogP contribution in [0.25, 0.3) is 16.7 Å². The second kappa shape index (κ2) is 7.11. The van der Waals surface area contributed by atoms with Crippen LogP contribution in [0.5, 0.6) is 11.6 Å². The lowest BCUT2D eigenvalue weighted by Crippen LogP contribution is -2.32. The van der Waals surface area contributed by atoms with Crippen molar-refractivity contribution < 1.29 is 14.2 Å². The molecule has 33 heavy (non-hydrogen) atoms. The SMILES string of the molecule is CC1(C)C=C(c2cnc3c(c2)[C@]2(COC(N)=N2)c2cc(-c4cncnc4)ccc2O3)CCO1. The van der Waals surface area contributed by atoms with Gasteiger partial charge in [0.2, 0.25) is 5.88 Å². The van der Waals surface area contributed by atoms with Crippen molar-refractivity contribution in [3.05, 3.63) is 71.9 Å². The van der Waals surface area contributed by atoms with Crippen molar-refractivity contribution in [1.29, 1.82) is 0 Å². The van der Waals surface area contributed by atoms with Crippen molar-refractivity contribution in [3.63, 3.8) is 0 Å². The van der Waals surface area contributed by atoms with Gasteiger partial charge in [0.15, 0.2) is 5.54 Å². The van der Waals surface area contributed by atoms with E-state index < -0.39 is 5.54 Å². The minimum Gasteiger partial charge on any atom is -0.462 e. The molecule has 3 aliphatic heterocycles. The largest absolute Gasteiger partial charge is 0.462 e. The van der Waals surface area contributed by atoms with E-state index in [4.69, 9.17) is 24.9 Å². The number of fused-ring (bicyclic) bond motifs is 4. The van der Waals surface area contributed by atoms with Gasteiger partial charge >= 0.3 is 0 Å². The molecule has 0 fully saturated rings. The van der Waals surface area contributed by atoms with Crippen LogP contribution in [0, 0.1) is 0 Å². The minimum absolute atomic E-state index is 0.152. The molecule has 5 heterocycles. The molecule has 1 atom stereocenters. The van der Waals surface area contributed by atoms with Crippen LogP contribution in [0.3, 0.4) is 0 Å². The van der Waals surface area contributed by atoms with Gasteiger partial charge in [-0.1, -0.05) is 6.07 Å². The molecule has 6 rings (SSSR count). The number of nitrogens with two attached hydrogens (primary N) is 1. The Kier molecular flexibility index (Phi) is 4.28. The molecule has 166 valence electrons. The number of amidine groups is 1. The summed E-state index contributed by atoms with van der Waals surface area (Å²) in [5.41, 5.74) is 10.6. The van der Waals surface area contributed by atoms with Gasteiger partial charge in [0, 0.05) is 29.7 Å². The highest BCUT2D eigenvalue weighted by molar-refractivity contribution is 5.78. The zero-order valence-electron chi connectivity index (χ0n) is 18.4. The minimum atomic E-state index is -0.844. The zero-order chi connectivity index (χ0) is 22.6. The number of aromatic nitrogens is 3. The standard InChI is InChI=1S/C25H23N5O3/c1-24(2)9-16(5-6-32-24)17-8-20-22(29-12-17)33-21-4-3-15(18-10-27-14-28-11-18)7-19(21)25(20)13-31-23(26)30-25/h3-4,7-12,14H,5-6,13H2,1-2H3,(H2,26,30)/t25-/m0/s1. The summed E-state index contributed by atoms with van der Waals surface area (Å²) in [6, 6.07) is 8.20. The summed E-state index contributed by atoms with van der Waals surface area (Å²) in [5.74, 6) is 1.19. The third kappa shape index (κ3) is 3.25. The molecule has 0 saturated heterocycles. The number of pyridine rings is 1. The molecule has 3 aromatic rings. The van der Waals surface area contributed by atoms with E-state index >= 15 is 0 Å². The van der Waals surface area contributed by atoms with E-state index in [-0.39, 0.29) is 18.2 Å². The van der Waals surface area contributed by atoms with Crippen molar-refractivity contribution >= 4 is 11.6 Å². The van der Waals surface area contributed by atoms with Gasteiger partial charge < -0.3 is 19.9 Å². The van der Waals surface area contributed by atoms with Crippen molar-refractivity contribution in [3.8, 4) is 22.8 Å². The Hall–Kier alpha value is -3.78. The molecule has 0 amide bonds. The fraction of sp³-hybridized carbons (Fsp3) is 0.280. The van der Waals surface area contributed by atoms with Crippen LogP contribution in [0.1, 0.15) is 37.0 Å². The van der Waals surface area contributed by atoms with E-state index in [9.17, 15) is 0 Å². The zero-order valence-corrected chi connectivity index (χ0v) is 18.4. The number of nitrogens with zero attached hydrogens (tertiary/aromatic N) is 4. The summed E-state index contributed by atoms with van der Waals surface area (Å²) >= 11 is 0. The number of hydrogen-bond donors (Lipinski definition) is 1. The Balaban J connectivity index is 1.52. The third-order valence-corrected chi connectivity index (χ3v) is 6.29. The summed E-state index contributed by atoms with van der Waals surface area (Å²) in [5, 5.41) is 0. The van der Waals surface area contributed by atoms with Gasteiger partial charge in [0.25, 0.3) is 6.02 Å². The van der Waals surface area contributed by atoms with Crippen LogP contribution in [-0.2, 0) is 15.0 Å². The monoisotopic (exact) mass is 441 g/mol. The number of ether oxygens (including phenoxy) is 3. The van der Waals surface area contributed by atoms with Gasteiger partial charge in [-0.25, -0.2) is 19.9 Å². The highest BCUT2D eigenvalue weighted by atomic mass is 16.5. The maximum Gasteiger partial charge on any atom is 0.283 e. The molecule has 0 aliphatic carbocycles. The third-order valence-electron chi connectivity index (χ3n) is 6.29. The molecule has 0 radical (unpaired) electrons. The average molecular weight is 441 g/mol. The quantitative estimate of drug-likeness (QED) is 0.645. The predicted octanol–water partition coefficient (Wildman–Crippen LogP) is 3.82. The van der Waals surface area contributed by atoms with Crippen LogP contribution in [0.4, 0.5) is 0 Å². The predicted molar refractivity (Wildman–Crippen MR) is 123 cm³/mol. The van der Waals surface area contributed by atoms with Crippen LogP contribution >= 0.6 is 0 Å². The van der Waals surface area contributed by atoms with Crippen LogP contribution in [0.15, 0.2) is 60.3 Å². The van der Waals surface area contributed by atoms with Crippen molar-refractivity contribution in [2.45, 2.75) is 31.4 Å². The highest BCUT2D eigenvalue weighted by Crippen LogP contribution is 2.51. The topological polar surface area (TPSA) is 105 Å². The molecule has 0 bridgehead atoms. The van der Waals surface area contributed by atoms with Gasteiger partial charge in [-0.05, 0) is 61.2 Å². The average Bonchev–Trinajstić information content (AvgIpc) is 3.21. The second-order valence-electron chi connectivity index (χ2n) is 8.99. The Bertz CT molecular complexity index is 1320. The maximum atomic E-state index is 6.22. The molecule has 8 heteroatoms. The fourth-order valence-corrected chi connectivity index (χ4v) is 4.72. The van der Waals surface area contributed by atoms with Gasteiger partial charge in [0.1, 0.15) is 18.7 Å². The summed E-state index contributed by atoms with van der Waals surface area (Å²) < 4.78 is 17.8. The summed E-state index contributed by atoms with van der Waals surface area (Å²) in [7, 11) is 0. The molecule has 0 saturated carbocycles. The Morgan fingerprint density at radius 2 is 1.79 bits per heavy atom. The van der Waals surface area contributed by atoms with E-state index in [1.807, 2.05) is 24.4 Å². The van der Waals surface area contributed by atoms with Gasteiger partial charge in [-0.3, -0.25) is 0 Å². The summed E-state index contributed by atoms with van der Waals surface area (Å²) in [4.78, 5) is 17.8. The van der Waals surface area contributed by atoms with E-state index in [2.05, 4.69) is 40.9 Å². The number of aliphatic imine (C=N–C) groups is 1. The Labute approximate surface area is 191 Å². The number of hydrogen-bond acceptors (Lipinski definition) is 8. The molecular formula is C25H23N5O3. The molecule has 2 aromatic heterocycles. The smallest absolute Gasteiger partial charge is 0.283 e. The normalized spacial score (nSPS) is 22.5. The molecule has 1 aromatic carbocycles.